The number of thiophene rings is 1. The Morgan fingerprint density at radius 1 is 1.17 bits per heavy atom. The molecule has 0 unspecified atom stereocenters. The molecule has 7 nitrogen and oxygen atoms in total. The summed E-state index contributed by atoms with van der Waals surface area (Å²) in [5.41, 5.74) is 0.680. The maximum absolute atomic E-state index is 13.4. The second-order valence-electron chi connectivity index (χ2n) is 7.33. The van der Waals surface area contributed by atoms with Crippen molar-refractivity contribution in [3.63, 3.8) is 0 Å². The number of benzene rings is 1. The van der Waals surface area contributed by atoms with E-state index in [0.717, 1.165) is 11.3 Å². The van der Waals surface area contributed by atoms with Gasteiger partial charge in [0.15, 0.2) is 9.84 Å². The lowest BCUT2D eigenvalue weighted by Gasteiger charge is -2.27. The maximum Gasteiger partial charge on any atom is 0.243 e. The first-order valence-corrected chi connectivity index (χ1v) is 13.6. The second-order valence-corrected chi connectivity index (χ2v) is 12.5. The summed E-state index contributed by atoms with van der Waals surface area (Å²) in [6.45, 7) is 0.780. The average molecular weight is 455 g/mol. The normalized spacial score (nSPS) is 21.9. The molecule has 0 spiro atoms. The van der Waals surface area contributed by atoms with Gasteiger partial charge in [0.1, 0.15) is 0 Å². The van der Waals surface area contributed by atoms with Gasteiger partial charge in [-0.3, -0.25) is 4.79 Å². The lowest BCUT2D eigenvalue weighted by Crippen LogP contribution is -2.40. The summed E-state index contributed by atoms with van der Waals surface area (Å²) in [6.07, 6.45) is 1.60. The molecule has 1 atom stereocenters. The van der Waals surface area contributed by atoms with Gasteiger partial charge in [0.05, 0.1) is 16.4 Å². The van der Waals surface area contributed by atoms with E-state index in [1.54, 1.807) is 17.0 Å². The van der Waals surface area contributed by atoms with Gasteiger partial charge in [-0.15, -0.1) is 11.3 Å². The van der Waals surface area contributed by atoms with Gasteiger partial charge in [-0.05, 0) is 48.6 Å². The van der Waals surface area contributed by atoms with Crippen LogP contribution in [-0.2, 0) is 31.2 Å². The summed E-state index contributed by atoms with van der Waals surface area (Å²) in [6, 6.07) is 9.40. The number of anilines is 1. The van der Waals surface area contributed by atoms with E-state index in [1.807, 2.05) is 17.5 Å². The number of amides is 1. The molecule has 10 heteroatoms. The Bertz CT molecular complexity index is 1090. The number of hydrogen-bond acceptors (Lipinski definition) is 6. The van der Waals surface area contributed by atoms with E-state index in [4.69, 9.17) is 0 Å². The Hall–Kier alpha value is -1.75. The monoisotopic (exact) mass is 454 g/mol. The fraction of sp³-hybridized carbons (Fsp3) is 0.421. The van der Waals surface area contributed by atoms with Gasteiger partial charge in [0.25, 0.3) is 0 Å². The van der Waals surface area contributed by atoms with Crippen molar-refractivity contribution in [2.75, 3.05) is 23.0 Å². The van der Waals surface area contributed by atoms with E-state index in [9.17, 15) is 21.6 Å². The minimum Gasteiger partial charge on any atom is -0.312 e. The van der Waals surface area contributed by atoms with Crippen LogP contribution in [-0.4, -0.2) is 51.1 Å². The third kappa shape index (κ3) is 4.25. The highest BCUT2D eigenvalue weighted by atomic mass is 32.2. The molecule has 156 valence electrons. The molecule has 2 fully saturated rings. The molecule has 2 aromatic rings. The predicted octanol–water partition coefficient (Wildman–Crippen LogP) is 2.25. The Labute approximate surface area is 174 Å². The second kappa shape index (κ2) is 7.82. The van der Waals surface area contributed by atoms with Crippen molar-refractivity contribution in [3.05, 3.63) is 46.7 Å². The predicted molar refractivity (Wildman–Crippen MR) is 112 cm³/mol. The highest BCUT2D eigenvalue weighted by Gasteiger charge is 2.39. The van der Waals surface area contributed by atoms with Crippen LogP contribution in [0.5, 0.6) is 0 Å². The zero-order chi connectivity index (χ0) is 20.6. The van der Waals surface area contributed by atoms with Crippen molar-refractivity contribution in [1.29, 1.82) is 0 Å². The highest BCUT2D eigenvalue weighted by Crippen LogP contribution is 2.30. The molecule has 1 aromatic carbocycles. The van der Waals surface area contributed by atoms with E-state index in [-0.39, 0.29) is 28.9 Å². The van der Waals surface area contributed by atoms with Crippen molar-refractivity contribution in [3.8, 4) is 0 Å². The lowest BCUT2D eigenvalue weighted by atomic mass is 10.2. The number of carbonyl (C=O) groups excluding carboxylic acids is 1. The van der Waals surface area contributed by atoms with E-state index < -0.39 is 25.9 Å². The first kappa shape index (κ1) is 20.5. The van der Waals surface area contributed by atoms with Crippen LogP contribution < -0.4 is 4.90 Å². The lowest BCUT2D eigenvalue weighted by molar-refractivity contribution is -0.117. The van der Waals surface area contributed by atoms with E-state index in [0.29, 0.717) is 25.1 Å². The van der Waals surface area contributed by atoms with Crippen LogP contribution in [0.3, 0.4) is 0 Å². The molecule has 3 heterocycles. The Morgan fingerprint density at radius 3 is 2.48 bits per heavy atom. The molecule has 4 rings (SSSR count). The van der Waals surface area contributed by atoms with Crippen LogP contribution in [0.15, 0.2) is 46.7 Å². The van der Waals surface area contributed by atoms with E-state index in [2.05, 4.69) is 0 Å². The summed E-state index contributed by atoms with van der Waals surface area (Å²) < 4.78 is 52.1. The fourth-order valence-corrected chi connectivity index (χ4v) is 8.07. The third-order valence-electron chi connectivity index (χ3n) is 5.34. The van der Waals surface area contributed by atoms with Crippen LogP contribution in [0.4, 0.5) is 5.69 Å². The molecule has 1 amide bonds. The van der Waals surface area contributed by atoms with Crippen LogP contribution in [0.1, 0.15) is 24.1 Å². The topological polar surface area (TPSA) is 91.8 Å². The average Bonchev–Trinajstić information content (AvgIpc) is 3.41. The van der Waals surface area contributed by atoms with Crippen molar-refractivity contribution < 1.29 is 21.6 Å². The van der Waals surface area contributed by atoms with Gasteiger partial charge in [-0.25, -0.2) is 16.8 Å². The molecule has 0 N–H and O–H groups in total. The van der Waals surface area contributed by atoms with Gasteiger partial charge >= 0.3 is 0 Å². The molecule has 1 aromatic heterocycles. The first-order valence-electron chi connectivity index (χ1n) is 9.41. The molecule has 0 aliphatic carbocycles. The fourth-order valence-electron chi connectivity index (χ4n) is 3.82. The maximum atomic E-state index is 13.4. The molecular weight excluding hydrogens is 432 g/mol. The first-order chi connectivity index (χ1) is 13.8. The van der Waals surface area contributed by atoms with Gasteiger partial charge in [0.2, 0.25) is 15.9 Å². The van der Waals surface area contributed by atoms with E-state index >= 15 is 0 Å². The number of nitrogens with zero attached hydrogens (tertiary/aromatic N) is 2. The molecule has 0 saturated carbocycles. The smallest absolute Gasteiger partial charge is 0.243 e. The van der Waals surface area contributed by atoms with Gasteiger partial charge in [0, 0.05) is 36.1 Å². The molecule has 2 saturated heterocycles. The molecule has 0 radical (unpaired) electrons. The quantitative estimate of drug-likeness (QED) is 0.668. The summed E-state index contributed by atoms with van der Waals surface area (Å²) in [5.74, 6) is -0.113. The number of hydrogen-bond donors (Lipinski definition) is 0. The SMILES string of the molecule is O=C1CCCN1c1ccc(S(=O)(=O)N(Cc2cccs2)[C@@H]2CCS(=O)(=O)C2)cc1. The Morgan fingerprint density at radius 2 is 1.93 bits per heavy atom. The van der Waals surface area contributed by atoms with Crippen LogP contribution in [0.2, 0.25) is 0 Å². The number of rotatable bonds is 6. The summed E-state index contributed by atoms with van der Waals surface area (Å²) in [7, 11) is -7.13. The Kier molecular flexibility index (Phi) is 5.54. The Balaban J connectivity index is 1.64. The largest absolute Gasteiger partial charge is 0.312 e. The zero-order valence-corrected chi connectivity index (χ0v) is 18.2. The molecule has 29 heavy (non-hydrogen) atoms. The number of sulfonamides is 1. The summed E-state index contributed by atoms with van der Waals surface area (Å²) in [5, 5.41) is 1.87. The number of carbonyl (C=O) groups is 1. The van der Waals surface area contributed by atoms with Crippen LogP contribution >= 0.6 is 11.3 Å². The van der Waals surface area contributed by atoms with Gasteiger partial charge in [-0.1, -0.05) is 6.07 Å². The van der Waals surface area contributed by atoms with E-state index in [1.165, 1.54) is 27.8 Å². The minimum atomic E-state index is -3.89. The summed E-state index contributed by atoms with van der Waals surface area (Å²) >= 11 is 1.44. The van der Waals surface area contributed by atoms with Crippen molar-refractivity contribution in [2.24, 2.45) is 0 Å². The molecule has 0 bridgehead atoms. The van der Waals surface area contributed by atoms with Crippen LogP contribution in [0, 0.1) is 0 Å². The van der Waals surface area contributed by atoms with Crippen molar-refractivity contribution in [2.45, 2.75) is 36.7 Å². The zero-order valence-electron chi connectivity index (χ0n) is 15.7. The van der Waals surface area contributed by atoms with Crippen molar-refractivity contribution in [1.82, 2.24) is 4.31 Å². The van der Waals surface area contributed by atoms with Crippen molar-refractivity contribution >= 4 is 42.8 Å². The highest BCUT2D eigenvalue weighted by molar-refractivity contribution is 7.92. The third-order valence-corrected chi connectivity index (χ3v) is 9.86. The molecule has 2 aliphatic rings. The minimum absolute atomic E-state index is 0.00410. The van der Waals surface area contributed by atoms with Crippen LogP contribution in [0.25, 0.3) is 0 Å². The van der Waals surface area contributed by atoms with Gasteiger partial charge in [-0.2, -0.15) is 4.31 Å². The number of sulfone groups is 1. The summed E-state index contributed by atoms with van der Waals surface area (Å²) in [4.78, 5) is 14.5. The van der Waals surface area contributed by atoms with Gasteiger partial charge < -0.3 is 4.90 Å². The standard InChI is InChI=1S/C19H22N2O5S3/c22-19-4-1-10-20(19)15-5-7-18(8-6-15)29(25,26)21(13-17-3-2-11-27-17)16-9-12-28(23,24)14-16/h2-3,5-8,11,16H,1,4,9-10,12-14H2/t16-/m1/s1. The molecule has 2 aliphatic heterocycles. The molecular formula is C19H22N2O5S3.